The van der Waals surface area contributed by atoms with E-state index in [0.717, 1.165) is 29.9 Å². The van der Waals surface area contributed by atoms with Crippen molar-refractivity contribution >= 4 is 38.8 Å². The first-order valence-corrected chi connectivity index (χ1v) is 12.1. The Kier molecular flexibility index (Phi) is 5.41. The number of hydrogen-bond acceptors (Lipinski definition) is 6. The quantitative estimate of drug-likeness (QED) is 0.688. The van der Waals surface area contributed by atoms with Crippen LogP contribution in [0, 0.1) is 0 Å². The number of cyclic esters (lactones) is 1. The highest BCUT2D eigenvalue weighted by atomic mass is 32.2. The molecule has 0 bridgehead atoms. The number of imidazole rings is 1. The first-order chi connectivity index (χ1) is 13.4. The van der Waals surface area contributed by atoms with Crippen LogP contribution >= 0.6 is 11.8 Å². The van der Waals surface area contributed by atoms with Crippen molar-refractivity contribution < 1.29 is 17.9 Å². The summed E-state index contributed by atoms with van der Waals surface area (Å²) in [6, 6.07) is 5.15. The second-order valence-corrected chi connectivity index (χ2v) is 10.5. The molecule has 2 aliphatic heterocycles. The molecule has 0 saturated carbocycles. The number of sulfonamides is 1. The van der Waals surface area contributed by atoms with Gasteiger partial charge in [0, 0.05) is 26.1 Å². The average molecular weight is 424 g/mol. The number of thioether (sulfide) groups is 1. The highest BCUT2D eigenvalue weighted by Gasteiger charge is 2.34. The molecule has 2 saturated heterocycles. The third kappa shape index (κ3) is 3.55. The third-order valence-corrected chi connectivity index (χ3v) is 8.41. The molecule has 2 atom stereocenters. The monoisotopic (exact) mass is 423 g/mol. The fourth-order valence-electron chi connectivity index (χ4n) is 3.84. The molecule has 152 valence electrons. The topological polar surface area (TPSA) is 81.5 Å². The van der Waals surface area contributed by atoms with E-state index >= 15 is 0 Å². The highest BCUT2D eigenvalue weighted by Crippen LogP contribution is 2.34. The van der Waals surface area contributed by atoms with Crippen LogP contribution in [-0.4, -0.2) is 52.7 Å². The fraction of sp³-hybridized carbons (Fsp3) is 0.579. The first kappa shape index (κ1) is 19.7. The number of hydrogen-bond donors (Lipinski definition) is 0. The van der Waals surface area contributed by atoms with E-state index in [1.54, 1.807) is 16.4 Å². The number of esters is 1. The summed E-state index contributed by atoms with van der Waals surface area (Å²) in [5.41, 5.74) is 1.52. The van der Waals surface area contributed by atoms with Crippen LogP contribution in [0.5, 0.6) is 0 Å². The molecule has 0 amide bonds. The van der Waals surface area contributed by atoms with Crippen molar-refractivity contribution in [2.24, 2.45) is 0 Å². The normalized spacial score (nSPS) is 24.0. The van der Waals surface area contributed by atoms with Crippen LogP contribution < -0.4 is 0 Å². The minimum absolute atomic E-state index is 0.0780. The molecule has 0 aliphatic carbocycles. The Hall–Kier alpha value is -1.58. The number of ether oxygens (including phenoxy) is 1. The van der Waals surface area contributed by atoms with Gasteiger partial charge >= 0.3 is 5.97 Å². The van der Waals surface area contributed by atoms with E-state index in [1.807, 2.05) is 24.5 Å². The minimum atomic E-state index is -3.50. The maximum atomic E-state index is 13.0. The van der Waals surface area contributed by atoms with Gasteiger partial charge in [0.2, 0.25) is 10.0 Å². The van der Waals surface area contributed by atoms with Crippen molar-refractivity contribution in [1.29, 1.82) is 0 Å². The number of benzene rings is 1. The molecule has 3 heterocycles. The number of aromatic nitrogens is 2. The van der Waals surface area contributed by atoms with Gasteiger partial charge in [0.25, 0.3) is 0 Å². The molecule has 9 heteroatoms. The predicted octanol–water partition coefficient (Wildman–Crippen LogP) is 3.03. The molecule has 4 rings (SSSR count). The maximum absolute atomic E-state index is 13.0. The lowest BCUT2D eigenvalue weighted by atomic mass is 10.2. The molecule has 0 radical (unpaired) electrons. The Morgan fingerprint density at radius 3 is 2.64 bits per heavy atom. The summed E-state index contributed by atoms with van der Waals surface area (Å²) in [4.78, 5) is 16.9. The summed E-state index contributed by atoms with van der Waals surface area (Å²) in [6.07, 6.45) is 3.47. The zero-order valence-corrected chi connectivity index (χ0v) is 17.8. The number of carbonyl (C=O) groups excluding carboxylic acids is 1. The summed E-state index contributed by atoms with van der Waals surface area (Å²) in [5.74, 6) is -0.208. The van der Waals surface area contributed by atoms with Gasteiger partial charge in [-0.3, -0.25) is 4.79 Å². The van der Waals surface area contributed by atoms with Crippen LogP contribution in [0.15, 0.2) is 28.3 Å². The zero-order chi connectivity index (χ0) is 19.9. The van der Waals surface area contributed by atoms with Crippen LogP contribution in [0.3, 0.4) is 0 Å². The van der Waals surface area contributed by atoms with Crippen molar-refractivity contribution in [2.45, 2.75) is 67.5 Å². The van der Waals surface area contributed by atoms with Gasteiger partial charge < -0.3 is 9.30 Å². The third-order valence-electron chi connectivity index (χ3n) is 5.33. The molecule has 7 nitrogen and oxygen atoms in total. The summed E-state index contributed by atoms with van der Waals surface area (Å²) in [7, 11) is -3.50. The summed E-state index contributed by atoms with van der Waals surface area (Å²) in [6.45, 7) is 5.74. The molecule has 2 fully saturated rings. The molecule has 1 aromatic heterocycles. The van der Waals surface area contributed by atoms with Crippen molar-refractivity contribution in [3.8, 4) is 0 Å². The predicted molar refractivity (Wildman–Crippen MR) is 108 cm³/mol. The number of aryl methyl sites for hydroxylation is 1. The van der Waals surface area contributed by atoms with Crippen LogP contribution in [0.25, 0.3) is 11.0 Å². The summed E-state index contributed by atoms with van der Waals surface area (Å²) >= 11 is 1.40. The van der Waals surface area contributed by atoms with Gasteiger partial charge in [-0.25, -0.2) is 13.4 Å². The molecular formula is C19H25N3O4S2. The molecule has 28 heavy (non-hydrogen) atoms. The Labute approximate surface area is 169 Å². The standard InChI is InChI=1S/C19H25N3O4S2/c1-3-22-16-8-7-14(28(24,25)21-9-5-4-6-10-21)12-15(16)20-19(22)27-17-11-13(2)26-18(17)23/h7-8,12-13,17H,3-6,9-11H2,1-2H3/t13-,17+/m0/s1. The van der Waals surface area contributed by atoms with Crippen LogP contribution in [0.1, 0.15) is 39.5 Å². The Morgan fingerprint density at radius 1 is 1.25 bits per heavy atom. The summed E-state index contributed by atoms with van der Waals surface area (Å²) in [5, 5.41) is 0.453. The van der Waals surface area contributed by atoms with Crippen LogP contribution in [-0.2, 0) is 26.1 Å². The first-order valence-electron chi connectivity index (χ1n) is 9.77. The second kappa shape index (κ2) is 7.68. The average Bonchev–Trinajstić information content (AvgIpc) is 3.20. The molecule has 2 aromatic rings. The highest BCUT2D eigenvalue weighted by molar-refractivity contribution is 8.00. The maximum Gasteiger partial charge on any atom is 0.319 e. The molecule has 0 unspecified atom stereocenters. The molecule has 2 aliphatic rings. The number of carbonyl (C=O) groups is 1. The number of piperidine rings is 1. The van der Waals surface area contributed by atoms with Crippen LogP contribution in [0.2, 0.25) is 0 Å². The Balaban J connectivity index is 1.67. The van der Waals surface area contributed by atoms with Crippen molar-refractivity contribution in [1.82, 2.24) is 13.9 Å². The minimum Gasteiger partial charge on any atom is -0.462 e. The van der Waals surface area contributed by atoms with Crippen molar-refractivity contribution in [2.75, 3.05) is 13.1 Å². The molecular weight excluding hydrogens is 398 g/mol. The van der Waals surface area contributed by atoms with Gasteiger partial charge in [0.1, 0.15) is 11.4 Å². The number of fused-ring (bicyclic) bond motifs is 1. The van der Waals surface area contributed by atoms with Gasteiger partial charge in [-0.15, -0.1) is 0 Å². The van der Waals surface area contributed by atoms with Crippen molar-refractivity contribution in [3.05, 3.63) is 18.2 Å². The fourth-order valence-corrected chi connectivity index (χ4v) is 6.66. The van der Waals surface area contributed by atoms with Crippen LogP contribution in [0.4, 0.5) is 0 Å². The Morgan fingerprint density at radius 2 is 2.00 bits per heavy atom. The lowest BCUT2D eigenvalue weighted by Crippen LogP contribution is -2.35. The van der Waals surface area contributed by atoms with E-state index in [9.17, 15) is 13.2 Å². The molecule has 0 spiro atoms. The second-order valence-electron chi connectivity index (χ2n) is 7.34. The lowest BCUT2D eigenvalue weighted by Gasteiger charge is -2.25. The van der Waals surface area contributed by atoms with Crippen molar-refractivity contribution in [3.63, 3.8) is 0 Å². The van der Waals surface area contributed by atoms with Gasteiger partial charge in [-0.2, -0.15) is 4.31 Å². The molecule has 1 aromatic carbocycles. The van der Waals surface area contributed by atoms with E-state index in [4.69, 9.17) is 4.74 Å². The van der Waals surface area contributed by atoms with Gasteiger partial charge in [0.05, 0.1) is 15.9 Å². The number of rotatable bonds is 5. The van der Waals surface area contributed by atoms with E-state index in [0.29, 0.717) is 31.6 Å². The van der Waals surface area contributed by atoms with Gasteiger partial charge in [-0.1, -0.05) is 18.2 Å². The zero-order valence-electron chi connectivity index (χ0n) is 16.1. The molecule has 0 N–H and O–H groups in total. The smallest absolute Gasteiger partial charge is 0.319 e. The Bertz CT molecular complexity index is 996. The largest absolute Gasteiger partial charge is 0.462 e. The number of nitrogens with zero attached hydrogens (tertiary/aromatic N) is 3. The SMILES string of the molecule is CCn1c(S[C@@H]2C[C@H](C)OC2=O)nc2cc(S(=O)(=O)N3CCCCC3)ccc21. The van der Waals surface area contributed by atoms with Gasteiger partial charge in [-0.05, 0) is 44.9 Å². The lowest BCUT2D eigenvalue weighted by molar-refractivity contribution is -0.140. The van der Waals surface area contributed by atoms with Gasteiger partial charge in [0.15, 0.2) is 5.16 Å². The summed E-state index contributed by atoms with van der Waals surface area (Å²) < 4.78 is 34.8. The van der Waals surface area contributed by atoms with E-state index in [1.165, 1.54) is 11.8 Å². The van der Waals surface area contributed by atoms with E-state index < -0.39 is 10.0 Å². The van der Waals surface area contributed by atoms with E-state index in [-0.39, 0.29) is 22.2 Å². The van der Waals surface area contributed by atoms with E-state index in [2.05, 4.69) is 4.98 Å².